The molecule has 0 rings (SSSR count). The Balaban J connectivity index is 0. The lowest BCUT2D eigenvalue weighted by molar-refractivity contribution is -0.122. The molecule has 0 aromatic carbocycles. The first kappa shape index (κ1) is 18.5. The first-order valence-corrected chi connectivity index (χ1v) is 6.58. The van der Waals surface area contributed by atoms with Gasteiger partial charge in [0.05, 0.1) is 0 Å². The summed E-state index contributed by atoms with van der Waals surface area (Å²) in [4.78, 5) is 21.6. The van der Waals surface area contributed by atoms with E-state index < -0.39 is 10.4 Å². The van der Waals surface area contributed by atoms with Gasteiger partial charge in [-0.3, -0.25) is 10.1 Å². The smallest absolute Gasteiger partial charge is 0.318 e. The van der Waals surface area contributed by atoms with Gasteiger partial charge in [0.15, 0.2) is 0 Å². The third kappa shape index (κ3) is 8.92. The number of allylic oxidation sites excluding steroid dienone is 2. The highest BCUT2D eigenvalue weighted by atomic mass is 79.9. The second-order valence-corrected chi connectivity index (χ2v) is 4.99. The summed E-state index contributed by atoms with van der Waals surface area (Å²) in [5.74, 6) is -0.375. The van der Waals surface area contributed by atoms with Crippen molar-refractivity contribution in [2.45, 2.75) is 51.3 Å². The Morgan fingerprint density at radius 2 is 1.76 bits per heavy atom. The van der Waals surface area contributed by atoms with Crippen molar-refractivity contribution in [3.63, 3.8) is 0 Å². The number of carbonyl (C=O) groups is 2. The second-order valence-electron chi connectivity index (χ2n) is 3.47. The van der Waals surface area contributed by atoms with E-state index in [1.807, 2.05) is 26.1 Å². The molecule has 0 aliphatic rings. The number of carbonyl (C=O) groups excluding carboxylic acids is 2. The molecule has 0 aliphatic carbocycles. The van der Waals surface area contributed by atoms with Crippen molar-refractivity contribution in [3.8, 4) is 0 Å². The summed E-state index contributed by atoms with van der Waals surface area (Å²) in [5, 5.41) is 2.04. The van der Waals surface area contributed by atoms with Gasteiger partial charge in [-0.1, -0.05) is 48.9 Å². The maximum atomic E-state index is 11.3. The van der Waals surface area contributed by atoms with Crippen LogP contribution in [0.4, 0.5) is 4.79 Å². The fourth-order valence-electron chi connectivity index (χ4n) is 1.03. The standard InChI is InChI=1S/C7H13BrN2O2.C5H10/c1-3-7(8,4-2)5(11)10-6(9)12;1-3-5-4-2/h3-4H2,1-2H3,(H3,9,10,11,12);3,5H,4H2,1-2H3/b;5-3+. The van der Waals surface area contributed by atoms with Gasteiger partial charge in [0.2, 0.25) is 5.91 Å². The fourth-order valence-corrected chi connectivity index (χ4v) is 1.13. The van der Waals surface area contributed by atoms with Crippen molar-refractivity contribution in [2.75, 3.05) is 0 Å². The minimum atomic E-state index is -0.814. The van der Waals surface area contributed by atoms with Crippen molar-refractivity contribution in [3.05, 3.63) is 12.2 Å². The normalized spacial score (nSPS) is 10.6. The van der Waals surface area contributed by atoms with E-state index in [1.165, 1.54) is 0 Å². The van der Waals surface area contributed by atoms with Crippen LogP contribution in [0.15, 0.2) is 12.2 Å². The van der Waals surface area contributed by atoms with E-state index in [4.69, 9.17) is 5.73 Å². The van der Waals surface area contributed by atoms with Gasteiger partial charge in [-0.15, -0.1) is 0 Å². The maximum Gasteiger partial charge on any atom is 0.318 e. The molecule has 0 atom stereocenters. The van der Waals surface area contributed by atoms with Crippen molar-refractivity contribution in [1.82, 2.24) is 5.32 Å². The molecule has 0 radical (unpaired) electrons. The summed E-state index contributed by atoms with van der Waals surface area (Å²) >= 11 is 3.26. The number of hydrogen-bond acceptors (Lipinski definition) is 2. The number of hydrogen-bond donors (Lipinski definition) is 2. The Kier molecular flexibility index (Phi) is 11.2. The summed E-state index contributed by atoms with van der Waals surface area (Å²) in [6, 6.07) is -0.814. The van der Waals surface area contributed by atoms with Gasteiger partial charge in [0, 0.05) is 0 Å². The van der Waals surface area contributed by atoms with Gasteiger partial charge >= 0.3 is 6.03 Å². The lowest BCUT2D eigenvalue weighted by Gasteiger charge is -2.21. The number of primary amides is 1. The lowest BCUT2D eigenvalue weighted by atomic mass is 10.0. The molecule has 0 spiro atoms. The largest absolute Gasteiger partial charge is 0.351 e. The number of urea groups is 1. The Morgan fingerprint density at radius 3 is 1.94 bits per heavy atom. The Labute approximate surface area is 112 Å². The molecule has 0 saturated carbocycles. The molecule has 0 bridgehead atoms. The number of alkyl halides is 1. The monoisotopic (exact) mass is 306 g/mol. The predicted octanol–water partition coefficient (Wildman–Crippen LogP) is 3.11. The molecule has 100 valence electrons. The van der Waals surface area contributed by atoms with Crippen LogP contribution in [0.1, 0.15) is 47.0 Å². The van der Waals surface area contributed by atoms with Crippen molar-refractivity contribution in [2.24, 2.45) is 5.73 Å². The van der Waals surface area contributed by atoms with E-state index in [2.05, 4.69) is 35.0 Å². The molecule has 0 aliphatic heterocycles. The highest BCUT2D eigenvalue weighted by Crippen LogP contribution is 2.26. The van der Waals surface area contributed by atoms with Crippen LogP contribution in [-0.2, 0) is 4.79 Å². The number of halogens is 1. The summed E-state index contributed by atoms with van der Waals surface area (Å²) < 4.78 is -0.665. The topological polar surface area (TPSA) is 72.2 Å². The van der Waals surface area contributed by atoms with E-state index in [0.29, 0.717) is 12.8 Å². The average Bonchev–Trinajstić information content (AvgIpc) is 2.29. The van der Waals surface area contributed by atoms with Crippen molar-refractivity contribution >= 4 is 27.9 Å². The third-order valence-electron chi connectivity index (χ3n) is 2.24. The Bertz CT molecular complexity index is 261. The lowest BCUT2D eigenvalue weighted by Crippen LogP contribution is -2.46. The Morgan fingerprint density at radius 1 is 1.29 bits per heavy atom. The first-order chi connectivity index (χ1) is 7.87. The number of amides is 3. The molecule has 0 saturated heterocycles. The van der Waals surface area contributed by atoms with Gasteiger partial charge in [0.1, 0.15) is 4.32 Å². The van der Waals surface area contributed by atoms with Crippen LogP contribution in [0.2, 0.25) is 0 Å². The highest BCUT2D eigenvalue weighted by molar-refractivity contribution is 9.10. The Hall–Kier alpha value is -0.840. The zero-order valence-electron chi connectivity index (χ0n) is 11.0. The number of imide groups is 1. The van der Waals surface area contributed by atoms with Crippen LogP contribution in [0.25, 0.3) is 0 Å². The number of nitrogens with two attached hydrogens (primary N) is 1. The van der Waals surface area contributed by atoms with E-state index in [0.717, 1.165) is 6.42 Å². The zero-order valence-corrected chi connectivity index (χ0v) is 12.6. The molecule has 17 heavy (non-hydrogen) atoms. The van der Waals surface area contributed by atoms with Gasteiger partial charge in [0.25, 0.3) is 0 Å². The SMILES string of the molecule is C/C=C/CC.CCC(Br)(CC)C(=O)NC(N)=O. The van der Waals surface area contributed by atoms with Crippen LogP contribution < -0.4 is 11.1 Å². The van der Waals surface area contributed by atoms with Gasteiger partial charge in [-0.05, 0) is 26.2 Å². The van der Waals surface area contributed by atoms with Crippen LogP contribution in [0, 0.1) is 0 Å². The number of rotatable bonds is 4. The van der Waals surface area contributed by atoms with Gasteiger partial charge < -0.3 is 5.73 Å². The fraction of sp³-hybridized carbons (Fsp3) is 0.667. The van der Waals surface area contributed by atoms with Crippen molar-refractivity contribution in [1.29, 1.82) is 0 Å². The molecular weight excluding hydrogens is 284 g/mol. The minimum absolute atomic E-state index is 0.375. The molecule has 0 unspecified atom stereocenters. The van der Waals surface area contributed by atoms with Crippen molar-refractivity contribution < 1.29 is 9.59 Å². The molecule has 4 nitrogen and oxygen atoms in total. The van der Waals surface area contributed by atoms with Crippen LogP contribution in [0.3, 0.4) is 0 Å². The summed E-state index contributed by atoms with van der Waals surface area (Å²) in [5.41, 5.74) is 4.81. The quantitative estimate of drug-likeness (QED) is 0.619. The molecule has 5 heteroatoms. The molecule has 0 fully saturated rings. The summed E-state index contributed by atoms with van der Waals surface area (Å²) in [6.07, 6.45) is 6.57. The van der Waals surface area contributed by atoms with Gasteiger partial charge in [-0.25, -0.2) is 4.79 Å². The van der Waals surface area contributed by atoms with Gasteiger partial charge in [-0.2, -0.15) is 0 Å². The molecular formula is C12H23BrN2O2. The predicted molar refractivity (Wildman–Crippen MR) is 75.1 cm³/mol. The van der Waals surface area contributed by atoms with Crippen LogP contribution in [-0.4, -0.2) is 16.3 Å². The average molecular weight is 307 g/mol. The summed E-state index contributed by atoms with van der Waals surface area (Å²) in [6.45, 7) is 7.88. The highest BCUT2D eigenvalue weighted by Gasteiger charge is 2.32. The minimum Gasteiger partial charge on any atom is -0.351 e. The van der Waals surface area contributed by atoms with E-state index in [-0.39, 0.29) is 5.91 Å². The van der Waals surface area contributed by atoms with E-state index in [1.54, 1.807) is 0 Å². The second kappa shape index (κ2) is 10.3. The van der Waals surface area contributed by atoms with E-state index in [9.17, 15) is 9.59 Å². The molecule has 3 amide bonds. The van der Waals surface area contributed by atoms with E-state index >= 15 is 0 Å². The maximum absolute atomic E-state index is 11.3. The molecule has 0 heterocycles. The van der Waals surface area contributed by atoms with Crippen LogP contribution >= 0.6 is 15.9 Å². The third-order valence-corrected chi connectivity index (χ3v) is 3.72. The van der Waals surface area contributed by atoms with Crippen LogP contribution in [0.5, 0.6) is 0 Å². The number of nitrogens with one attached hydrogen (secondary N) is 1. The summed E-state index contributed by atoms with van der Waals surface area (Å²) in [7, 11) is 0. The molecule has 3 N–H and O–H groups in total. The first-order valence-electron chi connectivity index (χ1n) is 5.78. The molecule has 0 aromatic rings. The molecule has 0 aromatic heterocycles. The zero-order chi connectivity index (χ0) is 13.9.